The molecule has 0 unspecified atom stereocenters. The smallest absolute Gasteiger partial charge is 0.233 e. The van der Waals surface area contributed by atoms with Gasteiger partial charge in [0.1, 0.15) is 16.8 Å². The predicted octanol–water partition coefficient (Wildman–Crippen LogP) is 1.33. The van der Waals surface area contributed by atoms with Gasteiger partial charge in [-0.3, -0.25) is 9.69 Å². The third kappa shape index (κ3) is 4.81. The molecule has 1 aliphatic rings. The second-order valence-electron chi connectivity index (χ2n) is 5.87. The van der Waals surface area contributed by atoms with E-state index in [1.807, 2.05) is 14.0 Å². The Balaban J connectivity index is 1.83. The number of piperidine rings is 1. The lowest BCUT2D eigenvalue weighted by Crippen LogP contribution is -2.42. The van der Waals surface area contributed by atoms with Crippen LogP contribution in [0.1, 0.15) is 18.7 Å². The maximum absolute atomic E-state index is 11.4. The lowest BCUT2D eigenvalue weighted by Gasteiger charge is -2.33. The van der Waals surface area contributed by atoms with Crippen LogP contribution in [0.4, 0.5) is 5.82 Å². The van der Waals surface area contributed by atoms with Gasteiger partial charge in [-0.1, -0.05) is 11.6 Å². The van der Waals surface area contributed by atoms with Crippen molar-refractivity contribution in [3.63, 3.8) is 0 Å². The molecule has 0 aliphatic carbocycles. The first-order valence-corrected chi connectivity index (χ1v) is 8.01. The van der Waals surface area contributed by atoms with Gasteiger partial charge >= 0.3 is 0 Å². The van der Waals surface area contributed by atoms with Gasteiger partial charge in [0.15, 0.2) is 0 Å². The van der Waals surface area contributed by atoms with Crippen LogP contribution in [0.5, 0.6) is 0 Å². The van der Waals surface area contributed by atoms with Gasteiger partial charge in [-0.05, 0) is 38.8 Å². The highest BCUT2D eigenvalue weighted by Gasteiger charge is 2.22. The molecule has 1 aromatic heterocycles. The van der Waals surface area contributed by atoms with Gasteiger partial charge in [0.25, 0.3) is 0 Å². The van der Waals surface area contributed by atoms with Crippen molar-refractivity contribution in [2.24, 2.45) is 5.92 Å². The molecule has 0 atom stereocenters. The van der Waals surface area contributed by atoms with Gasteiger partial charge in [-0.15, -0.1) is 0 Å². The predicted molar refractivity (Wildman–Crippen MR) is 88.3 cm³/mol. The molecular weight excluding hydrogens is 302 g/mol. The molecule has 1 aliphatic heterocycles. The largest absolute Gasteiger partial charge is 0.359 e. The highest BCUT2D eigenvalue weighted by molar-refractivity contribution is 6.29. The highest BCUT2D eigenvalue weighted by Crippen LogP contribution is 2.21. The fourth-order valence-corrected chi connectivity index (χ4v) is 3.02. The standard InChI is InChI=1S/C15H24ClN5O/c1-11-18-13(16)8-14(19-11)20(3)9-12-4-6-21(7-5-12)10-15(22)17-2/h8,12H,4-7,9-10H2,1-3H3,(H,17,22). The molecule has 0 spiro atoms. The van der Waals surface area contributed by atoms with E-state index >= 15 is 0 Å². The minimum atomic E-state index is 0.0849. The molecule has 1 aromatic rings. The van der Waals surface area contributed by atoms with Crippen LogP contribution < -0.4 is 10.2 Å². The van der Waals surface area contributed by atoms with Crippen molar-refractivity contribution in [3.8, 4) is 0 Å². The minimum Gasteiger partial charge on any atom is -0.359 e. The third-order valence-corrected chi connectivity index (χ3v) is 4.26. The minimum absolute atomic E-state index is 0.0849. The van der Waals surface area contributed by atoms with E-state index in [9.17, 15) is 4.79 Å². The van der Waals surface area contributed by atoms with Crippen LogP contribution in [0.25, 0.3) is 0 Å². The summed E-state index contributed by atoms with van der Waals surface area (Å²) in [7, 11) is 3.72. The molecule has 0 bridgehead atoms. The SMILES string of the molecule is CNC(=O)CN1CCC(CN(C)c2cc(Cl)nc(C)n2)CC1. The van der Waals surface area contributed by atoms with Gasteiger partial charge < -0.3 is 10.2 Å². The average Bonchev–Trinajstić information content (AvgIpc) is 2.48. The number of halogens is 1. The van der Waals surface area contributed by atoms with E-state index in [0.29, 0.717) is 23.4 Å². The van der Waals surface area contributed by atoms with Crippen LogP contribution in [-0.2, 0) is 4.79 Å². The van der Waals surface area contributed by atoms with Crippen molar-refractivity contribution in [2.45, 2.75) is 19.8 Å². The Kier molecular flexibility index (Phi) is 5.97. The van der Waals surface area contributed by atoms with Crippen LogP contribution >= 0.6 is 11.6 Å². The molecular formula is C15H24ClN5O. The summed E-state index contributed by atoms with van der Waals surface area (Å²) in [5.74, 6) is 2.25. The molecule has 1 N–H and O–H groups in total. The van der Waals surface area contributed by atoms with Crippen molar-refractivity contribution in [2.75, 3.05) is 45.2 Å². The summed E-state index contributed by atoms with van der Waals surface area (Å²) in [6.07, 6.45) is 2.19. The number of nitrogens with zero attached hydrogens (tertiary/aromatic N) is 4. The second-order valence-corrected chi connectivity index (χ2v) is 6.26. The van der Waals surface area contributed by atoms with Crippen molar-refractivity contribution in [3.05, 3.63) is 17.0 Å². The molecule has 22 heavy (non-hydrogen) atoms. The molecule has 1 saturated heterocycles. The summed E-state index contributed by atoms with van der Waals surface area (Å²) in [5, 5.41) is 3.15. The normalized spacial score (nSPS) is 16.5. The summed E-state index contributed by atoms with van der Waals surface area (Å²) in [5.41, 5.74) is 0. The number of aromatic nitrogens is 2. The van der Waals surface area contributed by atoms with E-state index in [0.717, 1.165) is 38.3 Å². The van der Waals surface area contributed by atoms with Crippen LogP contribution in [0.15, 0.2) is 6.07 Å². The molecule has 1 fully saturated rings. The Hall–Kier alpha value is -1.40. The summed E-state index contributed by atoms with van der Waals surface area (Å²) < 4.78 is 0. The Labute approximate surface area is 136 Å². The number of hydrogen-bond donors (Lipinski definition) is 1. The molecule has 0 aromatic carbocycles. The van der Waals surface area contributed by atoms with Crippen LogP contribution in [0, 0.1) is 12.8 Å². The van der Waals surface area contributed by atoms with Gasteiger partial charge in [0, 0.05) is 26.7 Å². The highest BCUT2D eigenvalue weighted by atomic mass is 35.5. The average molecular weight is 326 g/mol. The number of carbonyl (C=O) groups is 1. The number of likely N-dealkylation sites (tertiary alicyclic amines) is 1. The van der Waals surface area contributed by atoms with Crippen molar-refractivity contribution < 1.29 is 4.79 Å². The molecule has 7 heteroatoms. The number of amides is 1. The van der Waals surface area contributed by atoms with Crippen LogP contribution in [0.2, 0.25) is 5.15 Å². The molecule has 0 radical (unpaired) electrons. The Morgan fingerprint density at radius 1 is 1.45 bits per heavy atom. The van der Waals surface area contributed by atoms with Crippen molar-refractivity contribution in [1.82, 2.24) is 20.2 Å². The number of nitrogens with one attached hydrogen (secondary N) is 1. The number of anilines is 1. The lowest BCUT2D eigenvalue weighted by atomic mass is 9.96. The fourth-order valence-electron chi connectivity index (χ4n) is 2.80. The van der Waals surface area contributed by atoms with Crippen LogP contribution in [0.3, 0.4) is 0 Å². The zero-order chi connectivity index (χ0) is 16.1. The molecule has 6 nitrogen and oxygen atoms in total. The number of carbonyl (C=O) groups excluding carboxylic acids is 1. The summed E-state index contributed by atoms with van der Waals surface area (Å²) in [6.45, 7) is 5.23. The zero-order valence-corrected chi connectivity index (χ0v) is 14.2. The quantitative estimate of drug-likeness (QED) is 0.828. The zero-order valence-electron chi connectivity index (χ0n) is 13.5. The maximum Gasteiger partial charge on any atom is 0.233 e. The third-order valence-electron chi connectivity index (χ3n) is 4.07. The van der Waals surface area contributed by atoms with E-state index in [1.54, 1.807) is 13.1 Å². The van der Waals surface area contributed by atoms with E-state index in [1.165, 1.54) is 0 Å². The van der Waals surface area contributed by atoms with E-state index in [2.05, 4.69) is 25.1 Å². The summed E-state index contributed by atoms with van der Waals surface area (Å²) in [6, 6.07) is 1.80. The van der Waals surface area contributed by atoms with E-state index in [4.69, 9.17) is 11.6 Å². The number of rotatable bonds is 5. The Bertz CT molecular complexity index is 496. The molecule has 0 saturated carbocycles. The van der Waals surface area contributed by atoms with Gasteiger partial charge in [0.2, 0.25) is 5.91 Å². The molecule has 122 valence electrons. The van der Waals surface area contributed by atoms with E-state index in [-0.39, 0.29) is 5.91 Å². The maximum atomic E-state index is 11.4. The summed E-state index contributed by atoms with van der Waals surface area (Å²) >= 11 is 6.00. The van der Waals surface area contributed by atoms with Gasteiger partial charge in [-0.2, -0.15) is 0 Å². The van der Waals surface area contributed by atoms with Crippen molar-refractivity contribution >= 4 is 23.3 Å². The summed E-state index contributed by atoms with van der Waals surface area (Å²) in [4.78, 5) is 24.3. The first-order chi connectivity index (χ1) is 10.5. The first kappa shape index (κ1) is 17.0. The molecule has 1 amide bonds. The first-order valence-electron chi connectivity index (χ1n) is 7.63. The van der Waals surface area contributed by atoms with Crippen molar-refractivity contribution in [1.29, 1.82) is 0 Å². The van der Waals surface area contributed by atoms with Gasteiger partial charge in [-0.25, -0.2) is 9.97 Å². The Morgan fingerprint density at radius 2 is 2.14 bits per heavy atom. The molecule has 2 rings (SSSR count). The van der Waals surface area contributed by atoms with Gasteiger partial charge in [0.05, 0.1) is 6.54 Å². The Morgan fingerprint density at radius 3 is 2.73 bits per heavy atom. The second kappa shape index (κ2) is 7.74. The number of aryl methyl sites for hydroxylation is 1. The number of likely N-dealkylation sites (N-methyl/N-ethyl adjacent to an activating group) is 1. The monoisotopic (exact) mass is 325 g/mol. The topological polar surface area (TPSA) is 61.4 Å². The lowest BCUT2D eigenvalue weighted by molar-refractivity contribution is -0.122. The van der Waals surface area contributed by atoms with E-state index < -0.39 is 0 Å². The van der Waals surface area contributed by atoms with Crippen LogP contribution in [-0.4, -0.2) is 61.0 Å². The number of hydrogen-bond acceptors (Lipinski definition) is 5. The fraction of sp³-hybridized carbons (Fsp3) is 0.667. The molecule has 2 heterocycles.